The van der Waals surface area contributed by atoms with E-state index in [0.29, 0.717) is 6.04 Å². The van der Waals surface area contributed by atoms with E-state index in [9.17, 15) is 0 Å². The van der Waals surface area contributed by atoms with Gasteiger partial charge in [-0.25, -0.2) is 0 Å². The summed E-state index contributed by atoms with van der Waals surface area (Å²) in [5.74, 6) is 2.63. The van der Waals surface area contributed by atoms with Gasteiger partial charge in [-0.1, -0.05) is 0 Å². The Hall–Kier alpha value is -1.62. The number of fused-ring (bicyclic) bond motifs is 1. The van der Waals surface area contributed by atoms with Gasteiger partial charge in [0, 0.05) is 13.1 Å². The molecule has 0 saturated carbocycles. The first-order valence-corrected chi connectivity index (χ1v) is 5.44. The third-order valence-electron chi connectivity index (χ3n) is 3.23. The highest BCUT2D eigenvalue weighted by atomic mass is 16.3. The van der Waals surface area contributed by atoms with E-state index in [1.807, 2.05) is 12.1 Å². The maximum absolute atomic E-state index is 5.37. The van der Waals surface area contributed by atoms with Crippen LogP contribution in [0.5, 0.6) is 0 Å². The van der Waals surface area contributed by atoms with Crippen LogP contribution in [0.15, 0.2) is 22.8 Å². The first kappa shape index (κ1) is 9.59. The largest absolute Gasteiger partial charge is 0.461 e. The third-order valence-corrected chi connectivity index (χ3v) is 3.23. The summed E-state index contributed by atoms with van der Waals surface area (Å²) in [6.07, 6.45) is 1.66. The lowest BCUT2D eigenvalue weighted by molar-refractivity contribution is 0.206. The molecule has 2 aromatic heterocycles. The first-order valence-electron chi connectivity index (χ1n) is 5.44. The maximum Gasteiger partial charge on any atom is 0.199 e. The second-order valence-corrected chi connectivity index (χ2v) is 4.17. The van der Waals surface area contributed by atoms with Gasteiger partial charge in [0.05, 0.1) is 12.3 Å². The summed E-state index contributed by atoms with van der Waals surface area (Å²) < 4.78 is 7.51. The van der Waals surface area contributed by atoms with Crippen molar-refractivity contribution in [3.8, 4) is 11.6 Å². The fourth-order valence-electron chi connectivity index (χ4n) is 2.08. The van der Waals surface area contributed by atoms with E-state index < -0.39 is 0 Å². The van der Waals surface area contributed by atoms with Crippen LogP contribution in [0.1, 0.15) is 18.8 Å². The molecule has 0 spiro atoms. The van der Waals surface area contributed by atoms with Gasteiger partial charge in [-0.05, 0) is 26.1 Å². The number of aromatic nitrogens is 3. The lowest BCUT2D eigenvalue weighted by atomic mass is 10.2. The Labute approximate surface area is 93.7 Å². The Bertz CT molecular complexity index is 488. The highest BCUT2D eigenvalue weighted by Crippen LogP contribution is 2.27. The molecule has 0 bridgehead atoms. The normalized spacial score (nSPS) is 21.0. The van der Waals surface area contributed by atoms with Gasteiger partial charge in [-0.15, -0.1) is 10.2 Å². The zero-order valence-electron chi connectivity index (χ0n) is 9.42. The molecule has 1 unspecified atom stereocenters. The summed E-state index contributed by atoms with van der Waals surface area (Å²) in [6.45, 7) is 4.07. The number of likely N-dealkylation sites (N-methyl/N-ethyl adjacent to an activating group) is 1. The van der Waals surface area contributed by atoms with Gasteiger partial charge in [0.25, 0.3) is 0 Å². The van der Waals surface area contributed by atoms with Crippen LogP contribution in [-0.2, 0) is 6.54 Å². The fourth-order valence-corrected chi connectivity index (χ4v) is 2.08. The van der Waals surface area contributed by atoms with Crippen LogP contribution in [0, 0.1) is 0 Å². The predicted molar refractivity (Wildman–Crippen MR) is 58.8 cm³/mol. The van der Waals surface area contributed by atoms with Crippen molar-refractivity contribution in [3.05, 3.63) is 24.2 Å². The van der Waals surface area contributed by atoms with Crippen molar-refractivity contribution in [2.24, 2.45) is 0 Å². The van der Waals surface area contributed by atoms with Crippen molar-refractivity contribution in [2.75, 3.05) is 13.6 Å². The number of nitrogens with zero attached hydrogens (tertiary/aromatic N) is 4. The Morgan fingerprint density at radius 1 is 1.38 bits per heavy atom. The standard InChI is InChI=1S/C11H14N4O/c1-8-10-12-13-11(9-4-3-7-16-9)15(10)6-5-14(8)2/h3-4,7-8H,5-6H2,1-2H3. The first-order chi connectivity index (χ1) is 7.77. The van der Waals surface area contributed by atoms with Crippen molar-refractivity contribution in [1.82, 2.24) is 19.7 Å². The maximum atomic E-state index is 5.37. The Balaban J connectivity index is 2.08. The molecule has 0 radical (unpaired) electrons. The fraction of sp³-hybridized carbons (Fsp3) is 0.455. The van der Waals surface area contributed by atoms with E-state index in [0.717, 1.165) is 30.5 Å². The van der Waals surface area contributed by atoms with Crippen molar-refractivity contribution in [1.29, 1.82) is 0 Å². The molecule has 1 aliphatic rings. The lowest BCUT2D eigenvalue weighted by Crippen LogP contribution is -2.34. The predicted octanol–water partition coefficient (Wildman–Crippen LogP) is 1.54. The van der Waals surface area contributed by atoms with Crippen LogP contribution in [0.2, 0.25) is 0 Å². The summed E-state index contributed by atoms with van der Waals surface area (Å²) in [5, 5.41) is 8.47. The zero-order chi connectivity index (χ0) is 11.1. The van der Waals surface area contributed by atoms with Gasteiger partial charge in [0.2, 0.25) is 0 Å². The third kappa shape index (κ3) is 1.28. The zero-order valence-corrected chi connectivity index (χ0v) is 9.42. The molecule has 5 nitrogen and oxygen atoms in total. The molecule has 5 heteroatoms. The molecule has 0 aliphatic carbocycles. The van der Waals surface area contributed by atoms with Gasteiger partial charge in [-0.3, -0.25) is 4.90 Å². The average Bonchev–Trinajstić information content (AvgIpc) is 2.91. The van der Waals surface area contributed by atoms with Crippen molar-refractivity contribution < 1.29 is 4.42 Å². The van der Waals surface area contributed by atoms with E-state index in [-0.39, 0.29) is 0 Å². The minimum absolute atomic E-state index is 0.310. The number of rotatable bonds is 1. The second kappa shape index (κ2) is 3.45. The summed E-state index contributed by atoms with van der Waals surface area (Å²) in [7, 11) is 2.11. The van der Waals surface area contributed by atoms with Gasteiger partial charge < -0.3 is 8.98 Å². The molecule has 0 aromatic carbocycles. The molecular weight excluding hydrogens is 204 g/mol. The minimum atomic E-state index is 0.310. The SMILES string of the molecule is CC1c2nnc(-c3ccco3)n2CCN1C. The Morgan fingerprint density at radius 3 is 3.00 bits per heavy atom. The van der Waals surface area contributed by atoms with Gasteiger partial charge in [0.1, 0.15) is 0 Å². The molecule has 16 heavy (non-hydrogen) atoms. The molecule has 0 amide bonds. The van der Waals surface area contributed by atoms with E-state index in [2.05, 4.69) is 33.6 Å². The lowest BCUT2D eigenvalue weighted by Gasteiger charge is -2.29. The molecule has 0 saturated heterocycles. The molecule has 2 aromatic rings. The summed E-state index contributed by atoms with van der Waals surface area (Å²) in [6, 6.07) is 4.10. The highest BCUT2D eigenvalue weighted by molar-refractivity contribution is 5.47. The van der Waals surface area contributed by atoms with Crippen molar-refractivity contribution >= 4 is 0 Å². The van der Waals surface area contributed by atoms with Crippen LogP contribution in [0.25, 0.3) is 11.6 Å². The Morgan fingerprint density at radius 2 is 2.25 bits per heavy atom. The monoisotopic (exact) mass is 218 g/mol. The topological polar surface area (TPSA) is 47.1 Å². The van der Waals surface area contributed by atoms with Gasteiger partial charge in [0.15, 0.2) is 17.4 Å². The molecule has 84 valence electrons. The van der Waals surface area contributed by atoms with Crippen molar-refractivity contribution in [3.63, 3.8) is 0 Å². The van der Waals surface area contributed by atoms with E-state index in [1.165, 1.54) is 0 Å². The average molecular weight is 218 g/mol. The molecule has 1 aliphatic heterocycles. The quantitative estimate of drug-likeness (QED) is 0.728. The van der Waals surface area contributed by atoms with Crippen LogP contribution < -0.4 is 0 Å². The van der Waals surface area contributed by atoms with Crippen molar-refractivity contribution in [2.45, 2.75) is 19.5 Å². The molecular formula is C11H14N4O. The summed E-state index contributed by atoms with van der Waals surface area (Å²) in [4.78, 5) is 2.27. The van der Waals surface area contributed by atoms with Gasteiger partial charge in [-0.2, -0.15) is 0 Å². The molecule has 1 atom stereocenters. The van der Waals surface area contributed by atoms with Crippen LogP contribution in [0.4, 0.5) is 0 Å². The number of furan rings is 1. The smallest absolute Gasteiger partial charge is 0.199 e. The van der Waals surface area contributed by atoms with E-state index in [1.54, 1.807) is 6.26 Å². The molecule has 0 N–H and O–H groups in total. The molecule has 3 rings (SSSR count). The minimum Gasteiger partial charge on any atom is -0.461 e. The second-order valence-electron chi connectivity index (χ2n) is 4.17. The van der Waals surface area contributed by atoms with Crippen LogP contribution in [0.3, 0.4) is 0 Å². The number of hydrogen-bond acceptors (Lipinski definition) is 4. The van der Waals surface area contributed by atoms with Crippen LogP contribution in [-0.4, -0.2) is 33.3 Å². The van der Waals surface area contributed by atoms with E-state index in [4.69, 9.17) is 4.42 Å². The summed E-state index contributed by atoms with van der Waals surface area (Å²) >= 11 is 0. The van der Waals surface area contributed by atoms with Crippen LogP contribution >= 0.6 is 0 Å². The summed E-state index contributed by atoms with van der Waals surface area (Å²) in [5.41, 5.74) is 0. The molecule has 3 heterocycles. The number of hydrogen-bond donors (Lipinski definition) is 0. The molecule has 0 fully saturated rings. The van der Waals surface area contributed by atoms with Gasteiger partial charge >= 0.3 is 0 Å². The Kier molecular flexibility index (Phi) is 2.07. The van der Waals surface area contributed by atoms with E-state index >= 15 is 0 Å². The highest BCUT2D eigenvalue weighted by Gasteiger charge is 2.26.